The summed E-state index contributed by atoms with van der Waals surface area (Å²) in [6.07, 6.45) is 0. The van der Waals surface area contributed by atoms with Gasteiger partial charge < -0.3 is 8.46 Å². The normalized spacial score (nSPS) is 16.7. The van der Waals surface area contributed by atoms with Gasteiger partial charge in [0, 0.05) is 6.04 Å². The molecule has 0 aromatic carbocycles. The first-order valence-corrected chi connectivity index (χ1v) is 22.2. The summed E-state index contributed by atoms with van der Waals surface area (Å²) in [4.78, 5) is 0. The van der Waals surface area contributed by atoms with Gasteiger partial charge in [0.1, 0.15) is 32.9 Å². The summed E-state index contributed by atoms with van der Waals surface area (Å²) < 4.78 is 5.94. The largest absolute Gasteiger partial charge is 0.344 e. The molecule has 0 aromatic heterocycles. The minimum atomic E-state index is -1.27. The van der Waals surface area contributed by atoms with Gasteiger partial charge in [-0.25, -0.2) is 0 Å². The van der Waals surface area contributed by atoms with Crippen molar-refractivity contribution in [1.29, 1.82) is 0 Å². The molecule has 6 heteroatoms. The molecular formula is C15H42N2Si4. The fourth-order valence-corrected chi connectivity index (χ4v) is 24.8. The highest BCUT2D eigenvalue weighted by molar-refractivity contribution is 6.90. The van der Waals surface area contributed by atoms with Crippen molar-refractivity contribution in [1.82, 2.24) is 8.46 Å². The molecule has 0 aliphatic carbocycles. The van der Waals surface area contributed by atoms with Gasteiger partial charge in [-0.2, -0.15) is 0 Å². The molecule has 0 aliphatic rings. The van der Waals surface area contributed by atoms with Gasteiger partial charge in [-0.3, -0.25) is 0 Å². The summed E-state index contributed by atoms with van der Waals surface area (Å²) in [5.41, 5.74) is 0. The molecular weight excluding hydrogens is 321 g/mol. The molecule has 0 amide bonds. The quantitative estimate of drug-likeness (QED) is 0.565. The Morgan fingerprint density at radius 3 is 1.05 bits per heavy atom. The Labute approximate surface area is 139 Å². The lowest BCUT2D eigenvalue weighted by Crippen LogP contribution is -2.68. The summed E-state index contributed by atoms with van der Waals surface area (Å²) in [6, 6.07) is 0.696. The van der Waals surface area contributed by atoms with Crippen LogP contribution < -0.4 is 0 Å². The Morgan fingerprint density at radius 1 is 0.571 bits per heavy atom. The average Bonchev–Trinajstić information content (AvgIpc) is 2.04. The summed E-state index contributed by atoms with van der Waals surface area (Å²) in [5, 5.41) is 0. The molecule has 0 aliphatic heterocycles. The Balaban J connectivity index is 5.44. The number of nitrogens with zero attached hydrogens (tertiary/aromatic N) is 2. The minimum Gasteiger partial charge on any atom is -0.344 e. The number of rotatable bonds is 7. The van der Waals surface area contributed by atoms with Crippen molar-refractivity contribution in [3.05, 3.63) is 0 Å². The molecule has 0 rings (SSSR count). The lowest BCUT2D eigenvalue weighted by molar-refractivity contribution is 0.407. The van der Waals surface area contributed by atoms with E-state index in [0.29, 0.717) is 6.04 Å². The average molecular weight is 363 g/mol. The minimum absolute atomic E-state index is 0.696. The summed E-state index contributed by atoms with van der Waals surface area (Å²) in [7, 11) is -5.04. The Kier molecular flexibility index (Phi) is 6.98. The molecule has 0 saturated carbocycles. The van der Waals surface area contributed by atoms with E-state index in [-0.39, 0.29) is 0 Å². The van der Waals surface area contributed by atoms with Crippen LogP contribution in [0.5, 0.6) is 0 Å². The predicted octanol–water partition coefficient (Wildman–Crippen LogP) is 5.32. The van der Waals surface area contributed by atoms with Crippen LogP contribution in [0.1, 0.15) is 6.92 Å². The van der Waals surface area contributed by atoms with E-state index in [4.69, 9.17) is 0 Å². The summed E-state index contributed by atoms with van der Waals surface area (Å²) in [5.74, 6) is 0. The highest BCUT2D eigenvalue weighted by atomic mass is 28.4. The number of hydrogen-bond acceptors (Lipinski definition) is 2. The van der Waals surface area contributed by atoms with E-state index in [1.54, 1.807) is 0 Å². The molecule has 0 saturated heterocycles. The van der Waals surface area contributed by atoms with Gasteiger partial charge >= 0.3 is 0 Å². The van der Waals surface area contributed by atoms with E-state index in [9.17, 15) is 0 Å². The molecule has 21 heavy (non-hydrogen) atoms. The van der Waals surface area contributed by atoms with Crippen molar-refractivity contribution in [2.75, 3.05) is 6.54 Å². The van der Waals surface area contributed by atoms with Gasteiger partial charge in [-0.05, 0) is 13.5 Å². The summed E-state index contributed by atoms with van der Waals surface area (Å²) >= 11 is 0. The molecule has 2 nitrogen and oxygen atoms in total. The van der Waals surface area contributed by atoms with E-state index in [1.807, 2.05) is 0 Å². The second-order valence-corrected chi connectivity index (χ2v) is 30.8. The lowest BCUT2D eigenvalue weighted by atomic mass is 10.4. The topological polar surface area (TPSA) is 6.48 Å². The smallest absolute Gasteiger partial charge is 0.112 e. The van der Waals surface area contributed by atoms with Crippen LogP contribution in [0.2, 0.25) is 78.6 Å². The van der Waals surface area contributed by atoms with E-state index < -0.39 is 32.9 Å². The van der Waals surface area contributed by atoms with Crippen molar-refractivity contribution in [3.63, 3.8) is 0 Å². The summed E-state index contributed by atoms with van der Waals surface area (Å²) in [6.45, 7) is 34.0. The zero-order valence-electron chi connectivity index (χ0n) is 17.2. The Hall–Kier alpha value is 0.788. The van der Waals surface area contributed by atoms with Crippen LogP contribution in [0.4, 0.5) is 0 Å². The van der Waals surface area contributed by atoms with E-state index in [1.165, 1.54) is 6.54 Å². The molecule has 0 fully saturated rings. The second kappa shape index (κ2) is 6.73. The fraction of sp³-hybridized carbons (Fsp3) is 1.00. The third-order valence-corrected chi connectivity index (χ3v) is 19.4. The van der Waals surface area contributed by atoms with Crippen LogP contribution >= 0.6 is 0 Å². The van der Waals surface area contributed by atoms with Crippen LogP contribution in [-0.2, 0) is 0 Å². The van der Waals surface area contributed by atoms with Crippen LogP contribution in [0.3, 0.4) is 0 Å². The third-order valence-electron chi connectivity index (χ3n) is 3.95. The molecule has 0 aromatic rings. The van der Waals surface area contributed by atoms with Crippen molar-refractivity contribution in [3.8, 4) is 0 Å². The predicted molar refractivity (Wildman–Crippen MR) is 111 cm³/mol. The molecule has 0 bridgehead atoms. The SMILES string of the molecule is CC(CN([Si](C)(C)C)[Si](C)(C)C)N([Si](C)(C)C)[Si](C)(C)C. The zero-order chi connectivity index (χ0) is 17.4. The van der Waals surface area contributed by atoms with E-state index in [2.05, 4.69) is 93.9 Å². The Bertz CT molecular complexity index is 304. The standard InChI is InChI=1S/C15H42N2Si4/c1-15(17(20(8,9)10)21(11,12)13)14-16(18(2,3)4)19(5,6)7/h15H,14H2,1-13H3. The highest BCUT2D eigenvalue weighted by Gasteiger charge is 2.41. The maximum absolute atomic E-state index is 2.98. The monoisotopic (exact) mass is 362 g/mol. The van der Waals surface area contributed by atoms with Gasteiger partial charge in [0.15, 0.2) is 0 Å². The third kappa shape index (κ3) is 6.83. The van der Waals surface area contributed by atoms with Gasteiger partial charge in [0.2, 0.25) is 0 Å². The van der Waals surface area contributed by atoms with Crippen LogP contribution in [0.15, 0.2) is 0 Å². The molecule has 1 atom stereocenters. The first-order chi connectivity index (χ1) is 8.88. The van der Waals surface area contributed by atoms with Crippen molar-refractivity contribution < 1.29 is 0 Å². The van der Waals surface area contributed by atoms with Crippen LogP contribution in [-0.4, -0.2) is 54.0 Å². The van der Waals surface area contributed by atoms with Gasteiger partial charge in [-0.15, -0.1) is 0 Å². The lowest BCUT2D eigenvalue weighted by Gasteiger charge is -2.52. The maximum atomic E-state index is 2.98. The van der Waals surface area contributed by atoms with E-state index in [0.717, 1.165) is 0 Å². The van der Waals surface area contributed by atoms with Crippen LogP contribution in [0, 0.1) is 0 Å². The second-order valence-electron chi connectivity index (χ2n) is 10.5. The maximum Gasteiger partial charge on any atom is 0.112 e. The van der Waals surface area contributed by atoms with Gasteiger partial charge in [0.05, 0.1) is 0 Å². The van der Waals surface area contributed by atoms with Crippen molar-refractivity contribution in [2.45, 2.75) is 91.5 Å². The zero-order valence-corrected chi connectivity index (χ0v) is 21.2. The Morgan fingerprint density at radius 2 is 0.857 bits per heavy atom. The first-order valence-electron chi connectivity index (χ1n) is 8.45. The molecule has 1 unspecified atom stereocenters. The highest BCUT2D eigenvalue weighted by Crippen LogP contribution is 2.26. The molecule has 0 spiro atoms. The molecule has 0 N–H and O–H groups in total. The van der Waals surface area contributed by atoms with Crippen molar-refractivity contribution in [2.24, 2.45) is 0 Å². The van der Waals surface area contributed by atoms with Gasteiger partial charge in [0.25, 0.3) is 0 Å². The number of hydrogen-bond donors (Lipinski definition) is 0. The molecule has 0 radical (unpaired) electrons. The first kappa shape index (κ1) is 21.8. The molecule has 128 valence electrons. The van der Waals surface area contributed by atoms with Crippen LogP contribution in [0.25, 0.3) is 0 Å². The van der Waals surface area contributed by atoms with Gasteiger partial charge in [-0.1, -0.05) is 78.6 Å². The molecule has 0 heterocycles. The van der Waals surface area contributed by atoms with E-state index >= 15 is 0 Å². The fourth-order valence-electron chi connectivity index (χ4n) is 4.23. The van der Waals surface area contributed by atoms with Crippen molar-refractivity contribution >= 4 is 32.9 Å².